The number of hydrogen-bond acceptors (Lipinski definition) is 3. The van der Waals surface area contributed by atoms with Gasteiger partial charge in [-0.05, 0) is 30.4 Å². The minimum absolute atomic E-state index is 0.158. The molecule has 1 aliphatic heterocycles. The smallest absolute Gasteiger partial charge is 0.264 e. The van der Waals surface area contributed by atoms with Gasteiger partial charge in [0.1, 0.15) is 0 Å². The molecule has 1 amide bonds. The third kappa shape index (κ3) is 2.41. The molecule has 0 unspecified atom stereocenters. The molecule has 4 rings (SSSR count). The van der Waals surface area contributed by atoms with Crippen LogP contribution in [0, 0.1) is 0 Å². The Morgan fingerprint density at radius 3 is 3.05 bits per heavy atom. The van der Waals surface area contributed by atoms with Gasteiger partial charge in [0.15, 0.2) is 0 Å². The normalized spacial score (nSPS) is 18.7. The number of fused-ring (bicyclic) bond motifs is 1. The summed E-state index contributed by atoms with van der Waals surface area (Å²) in [5, 5.41) is 1.15. The molecule has 1 fully saturated rings. The molecule has 4 nitrogen and oxygen atoms in total. The summed E-state index contributed by atoms with van der Waals surface area (Å²) >= 11 is 1.59. The number of amides is 1. The topological polar surface area (TPSA) is 38.1 Å². The first-order valence-corrected chi connectivity index (χ1v) is 8.38. The Morgan fingerprint density at radius 1 is 1.32 bits per heavy atom. The number of carbonyl (C=O) groups is 1. The molecule has 22 heavy (non-hydrogen) atoms. The van der Waals surface area contributed by atoms with E-state index in [-0.39, 0.29) is 5.91 Å². The van der Waals surface area contributed by atoms with Gasteiger partial charge in [0, 0.05) is 30.2 Å². The number of hydrogen-bond donors (Lipinski definition) is 0. The van der Waals surface area contributed by atoms with E-state index in [0.717, 1.165) is 36.2 Å². The SMILES string of the molecule is O=C(c1cc2ccccc2s1)N1CCC[C@@H](n2ccnc2)C1. The first kappa shape index (κ1) is 13.5. The van der Waals surface area contributed by atoms with Gasteiger partial charge in [-0.25, -0.2) is 4.98 Å². The zero-order chi connectivity index (χ0) is 14.9. The van der Waals surface area contributed by atoms with Crippen LogP contribution in [0.15, 0.2) is 49.1 Å². The lowest BCUT2D eigenvalue weighted by Crippen LogP contribution is -2.40. The standard InChI is InChI=1S/C17H17N3OS/c21-17(16-10-13-4-1-2-6-15(13)22-16)19-8-3-5-14(11-19)20-9-7-18-12-20/h1-2,4,6-7,9-10,12,14H,3,5,8,11H2/t14-/m1/s1. The van der Waals surface area contributed by atoms with Gasteiger partial charge in [0.2, 0.25) is 0 Å². The molecule has 1 atom stereocenters. The van der Waals surface area contributed by atoms with Crippen LogP contribution in [0.3, 0.4) is 0 Å². The highest BCUT2D eigenvalue weighted by atomic mass is 32.1. The van der Waals surface area contributed by atoms with Crippen molar-refractivity contribution in [2.75, 3.05) is 13.1 Å². The predicted octanol–water partition coefficient (Wildman–Crippen LogP) is 3.58. The van der Waals surface area contributed by atoms with Crippen LogP contribution in [0.1, 0.15) is 28.6 Å². The fourth-order valence-corrected chi connectivity index (χ4v) is 4.14. The van der Waals surface area contributed by atoms with E-state index in [1.54, 1.807) is 17.5 Å². The highest BCUT2D eigenvalue weighted by molar-refractivity contribution is 7.20. The molecule has 0 N–H and O–H groups in total. The molecule has 0 radical (unpaired) electrons. The summed E-state index contributed by atoms with van der Waals surface area (Å²) in [6.45, 7) is 1.61. The molecule has 0 aliphatic carbocycles. The summed E-state index contributed by atoms with van der Waals surface area (Å²) in [7, 11) is 0. The molecule has 3 aromatic rings. The van der Waals surface area contributed by atoms with Gasteiger partial charge < -0.3 is 9.47 Å². The van der Waals surface area contributed by atoms with Crippen LogP contribution >= 0.6 is 11.3 Å². The number of likely N-dealkylation sites (tertiary alicyclic amines) is 1. The van der Waals surface area contributed by atoms with Crippen molar-refractivity contribution in [2.45, 2.75) is 18.9 Å². The summed E-state index contributed by atoms with van der Waals surface area (Å²) in [4.78, 5) is 19.7. The number of thiophene rings is 1. The van der Waals surface area contributed by atoms with Crippen molar-refractivity contribution in [3.8, 4) is 0 Å². The monoisotopic (exact) mass is 311 g/mol. The molecule has 112 valence electrons. The van der Waals surface area contributed by atoms with Gasteiger partial charge in [-0.1, -0.05) is 18.2 Å². The van der Waals surface area contributed by atoms with Gasteiger partial charge in [-0.15, -0.1) is 11.3 Å². The van der Waals surface area contributed by atoms with Crippen LogP contribution in [0.4, 0.5) is 0 Å². The third-order valence-electron chi connectivity index (χ3n) is 4.27. The Kier molecular flexibility index (Phi) is 3.42. The third-order valence-corrected chi connectivity index (χ3v) is 5.37. The van der Waals surface area contributed by atoms with Crippen molar-refractivity contribution in [3.05, 3.63) is 53.9 Å². The second-order valence-electron chi connectivity index (χ2n) is 5.71. The summed E-state index contributed by atoms with van der Waals surface area (Å²) < 4.78 is 3.29. The second-order valence-corrected chi connectivity index (χ2v) is 6.79. The minimum Gasteiger partial charge on any atom is -0.336 e. The number of aromatic nitrogens is 2. The number of rotatable bonds is 2. The Bertz CT molecular complexity index is 760. The fraction of sp³-hybridized carbons (Fsp3) is 0.294. The van der Waals surface area contributed by atoms with Gasteiger partial charge in [-0.3, -0.25) is 4.79 Å². The van der Waals surface area contributed by atoms with E-state index in [1.165, 1.54) is 4.70 Å². The van der Waals surface area contributed by atoms with Crippen molar-refractivity contribution in [1.82, 2.24) is 14.5 Å². The van der Waals surface area contributed by atoms with Gasteiger partial charge >= 0.3 is 0 Å². The lowest BCUT2D eigenvalue weighted by atomic mass is 10.1. The second kappa shape index (κ2) is 5.57. The summed E-state index contributed by atoms with van der Waals surface area (Å²) in [6.07, 6.45) is 7.77. The minimum atomic E-state index is 0.158. The van der Waals surface area contributed by atoms with Crippen LogP contribution in [-0.2, 0) is 0 Å². The zero-order valence-electron chi connectivity index (χ0n) is 12.2. The Hall–Kier alpha value is -2.14. The lowest BCUT2D eigenvalue weighted by Gasteiger charge is -2.33. The molecule has 1 aromatic carbocycles. The molecular formula is C17H17N3OS. The van der Waals surface area contributed by atoms with E-state index in [2.05, 4.69) is 21.7 Å². The van der Waals surface area contributed by atoms with Gasteiger partial charge in [-0.2, -0.15) is 0 Å². The summed E-state index contributed by atoms with van der Waals surface area (Å²) in [5.41, 5.74) is 0. The van der Waals surface area contributed by atoms with Crippen molar-refractivity contribution in [1.29, 1.82) is 0 Å². The molecule has 0 spiro atoms. The quantitative estimate of drug-likeness (QED) is 0.725. The highest BCUT2D eigenvalue weighted by Crippen LogP contribution is 2.28. The van der Waals surface area contributed by atoms with Crippen LogP contribution in [-0.4, -0.2) is 33.4 Å². The highest BCUT2D eigenvalue weighted by Gasteiger charge is 2.26. The molecule has 1 saturated heterocycles. The van der Waals surface area contributed by atoms with Crippen LogP contribution in [0.5, 0.6) is 0 Å². The van der Waals surface area contributed by atoms with E-state index in [0.29, 0.717) is 6.04 Å². The molecule has 0 bridgehead atoms. The van der Waals surface area contributed by atoms with Crippen LogP contribution in [0.25, 0.3) is 10.1 Å². The largest absolute Gasteiger partial charge is 0.336 e. The number of imidazole rings is 1. The number of carbonyl (C=O) groups excluding carboxylic acids is 1. The number of piperidine rings is 1. The molecule has 1 aliphatic rings. The van der Waals surface area contributed by atoms with Crippen LogP contribution < -0.4 is 0 Å². The average Bonchev–Trinajstić information content (AvgIpc) is 3.23. The predicted molar refractivity (Wildman–Crippen MR) is 88.2 cm³/mol. The lowest BCUT2D eigenvalue weighted by molar-refractivity contribution is 0.0684. The fourth-order valence-electron chi connectivity index (χ4n) is 3.11. The number of benzene rings is 1. The maximum atomic E-state index is 12.8. The first-order valence-electron chi connectivity index (χ1n) is 7.56. The van der Waals surface area contributed by atoms with Gasteiger partial charge in [0.25, 0.3) is 5.91 Å². The van der Waals surface area contributed by atoms with Crippen molar-refractivity contribution in [2.24, 2.45) is 0 Å². The number of nitrogens with zero attached hydrogens (tertiary/aromatic N) is 3. The van der Waals surface area contributed by atoms with E-state index in [1.807, 2.05) is 35.6 Å². The Balaban J connectivity index is 1.56. The van der Waals surface area contributed by atoms with Crippen LogP contribution in [0.2, 0.25) is 0 Å². The first-order chi connectivity index (χ1) is 10.8. The Morgan fingerprint density at radius 2 is 2.23 bits per heavy atom. The van der Waals surface area contributed by atoms with Gasteiger partial charge in [0.05, 0.1) is 17.2 Å². The molecule has 5 heteroatoms. The maximum absolute atomic E-state index is 12.8. The van der Waals surface area contributed by atoms with E-state index in [9.17, 15) is 4.79 Å². The van der Waals surface area contributed by atoms with E-state index >= 15 is 0 Å². The zero-order valence-corrected chi connectivity index (χ0v) is 13.0. The van der Waals surface area contributed by atoms with Crippen molar-refractivity contribution < 1.29 is 4.79 Å². The Labute approximate surface area is 133 Å². The van der Waals surface area contributed by atoms with Crippen molar-refractivity contribution in [3.63, 3.8) is 0 Å². The average molecular weight is 311 g/mol. The van der Waals surface area contributed by atoms with E-state index in [4.69, 9.17) is 0 Å². The molecular weight excluding hydrogens is 294 g/mol. The summed E-state index contributed by atoms with van der Waals surface area (Å²) in [5.74, 6) is 0.158. The summed E-state index contributed by atoms with van der Waals surface area (Å²) in [6, 6.07) is 10.5. The molecule has 3 heterocycles. The molecule has 0 saturated carbocycles. The maximum Gasteiger partial charge on any atom is 0.264 e. The van der Waals surface area contributed by atoms with Crippen molar-refractivity contribution >= 4 is 27.3 Å². The molecule has 2 aromatic heterocycles. The van der Waals surface area contributed by atoms with E-state index < -0.39 is 0 Å².